The van der Waals surface area contributed by atoms with E-state index in [9.17, 15) is 5.11 Å². The van der Waals surface area contributed by atoms with Crippen LogP contribution in [0, 0.1) is 0 Å². The molecule has 6 nitrogen and oxygen atoms in total. The van der Waals surface area contributed by atoms with Crippen LogP contribution < -0.4 is 5.32 Å². The van der Waals surface area contributed by atoms with Crippen molar-refractivity contribution in [3.8, 4) is 5.75 Å². The Labute approximate surface area is 132 Å². The fourth-order valence-corrected chi connectivity index (χ4v) is 3.07. The Morgan fingerprint density at radius 1 is 1.22 bits per heavy atom. The first-order chi connectivity index (χ1) is 11.3. The van der Waals surface area contributed by atoms with Crippen molar-refractivity contribution >= 4 is 0 Å². The predicted molar refractivity (Wildman–Crippen MR) is 80.8 cm³/mol. The van der Waals surface area contributed by atoms with Crippen molar-refractivity contribution in [3.05, 3.63) is 71.3 Å². The Morgan fingerprint density at radius 3 is 2.48 bits per heavy atom. The molecule has 2 N–H and O–H groups in total. The van der Waals surface area contributed by atoms with Crippen LogP contribution in [0.5, 0.6) is 5.75 Å². The fourth-order valence-electron chi connectivity index (χ4n) is 3.07. The molecule has 3 aromatic rings. The second kappa shape index (κ2) is 5.26. The van der Waals surface area contributed by atoms with Gasteiger partial charge in [-0.25, -0.2) is 0 Å². The highest BCUT2D eigenvalue weighted by Crippen LogP contribution is 2.49. The molecule has 0 saturated carbocycles. The molecule has 23 heavy (non-hydrogen) atoms. The number of hydrogen-bond donors (Lipinski definition) is 2. The molecule has 0 saturated heterocycles. The fraction of sp³-hybridized carbons (Fsp3) is 0.235. The lowest BCUT2D eigenvalue weighted by atomic mass is 9.88. The third-order valence-electron chi connectivity index (χ3n) is 4.13. The number of pyridine rings is 1. The van der Waals surface area contributed by atoms with Gasteiger partial charge in [-0.1, -0.05) is 0 Å². The van der Waals surface area contributed by atoms with Gasteiger partial charge in [0.2, 0.25) is 5.60 Å². The molecule has 4 heterocycles. The molecule has 0 radical (unpaired) electrons. The SMILES string of the molecule is CNCc1ncc2c(c1O)COC2(c1ccco1)c1ccco1. The number of ether oxygens (including phenoxy) is 1. The summed E-state index contributed by atoms with van der Waals surface area (Å²) in [5, 5.41) is 13.5. The molecule has 0 unspecified atom stereocenters. The van der Waals surface area contributed by atoms with E-state index in [0.29, 0.717) is 29.3 Å². The smallest absolute Gasteiger partial charge is 0.210 e. The van der Waals surface area contributed by atoms with Gasteiger partial charge in [-0.3, -0.25) is 4.98 Å². The van der Waals surface area contributed by atoms with Crippen LogP contribution in [0.15, 0.2) is 51.8 Å². The quantitative estimate of drug-likeness (QED) is 0.770. The van der Waals surface area contributed by atoms with E-state index in [2.05, 4.69) is 10.3 Å². The van der Waals surface area contributed by atoms with Crippen molar-refractivity contribution in [3.63, 3.8) is 0 Å². The predicted octanol–water partition coefficient (Wildman–Crippen LogP) is 2.51. The minimum absolute atomic E-state index is 0.150. The maximum atomic E-state index is 10.5. The van der Waals surface area contributed by atoms with E-state index in [1.54, 1.807) is 37.9 Å². The van der Waals surface area contributed by atoms with Crippen LogP contribution in [-0.4, -0.2) is 17.1 Å². The third kappa shape index (κ3) is 1.92. The molecule has 0 bridgehead atoms. The van der Waals surface area contributed by atoms with Gasteiger partial charge in [0.15, 0.2) is 0 Å². The van der Waals surface area contributed by atoms with E-state index in [-0.39, 0.29) is 12.4 Å². The molecule has 0 aliphatic carbocycles. The Balaban J connectivity index is 1.94. The highest BCUT2D eigenvalue weighted by Gasteiger charge is 2.49. The van der Waals surface area contributed by atoms with E-state index >= 15 is 0 Å². The summed E-state index contributed by atoms with van der Waals surface area (Å²) in [5.74, 6) is 1.33. The molecule has 0 fully saturated rings. The van der Waals surface area contributed by atoms with Crippen LogP contribution in [0.4, 0.5) is 0 Å². The largest absolute Gasteiger partial charge is 0.506 e. The van der Waals surface area contributed by atoms with Crippen molar-refractivity contribution in [1.29, 1.82) is 0 Å². The van der Waals surface area contributed by atoms with Gasteiger partial charge >= 0.3 is 0 Å². The Bertz CT molecular complexity index is 775. The molecule has 0 aromatic carbocycles. The zero-order chi connectivity index (χ0) is 15.9. The first kappa shape index (κ1) is 14.0. The van der Waals surface area contributed by atoms with Gasteiger partial charge in [-0.15, -0.1) is 0 Å². The minimum Gasteiger partial charge on any atom is -0.506 e. The second-order valence-electron chi connectivity index (χ2n) is 5.40. The zero-order valence-electron chi connectivity index (χ0n) is 12.6. The van der Waals surface area contributed by atoms with E-state index < -0.39 is 5.60 Å². The number of hydrogen-bond acceptors (Lipinski definition) is 6. The van der Waals surface area contributed by atoms with Gasteiger partial charge in [0.25, 0.3) is 0 Å². The average molecular weight is 312 g/mol. The first-order valence-corrected chi connectivity index (χ1v) is 7.34. The van der Waals surface area contributed by atoms with Crippen molar-refractivity contribution < 1.29 is 18.7 Å². The number of furan rings is 2. The van der Waals surface area contributed by atoms with Gasteiger partial charge in [0.1, 0.15) is 17.3 Å². The lowest BCUT2D eigenvalue weighted by Gasteiger charge is -2.25. The molecular weight excluding hydrogens is 296 g/mol. The molecule has 0 spiro atoms. The zero-order valence-corrected chi connectivity index (χ0v) is 12.6. The van der Waals surface area contributed by atoms with Crippen LogP contribution in [-0.2, 0) is 23.5 Å². The summed E-state index contributed by atoms with van der Waals surface area (Å²) in [5.41, 5.74) is 1.01. The van der Waals surface area contributed by atoms with Gasteiger partial charge in [-0.2, -0.15) is 0 Å². The molecule has 1 aliphatic rings. The summed E-state index contributed by atoms with van der Waals surface area (Å²) in [7, 11) is 1.81. The summed E-state index contributed by atoms with van der Waals surface area (Å²) in [4.78, 5) is 4.38. The van der Waals surface area contributed by atoms with Gasteiger partial charge in [-0.05, 0) is 31.3 Å². The van der Waals surface area contributed by atoms with Crippen LogP contribution in [0.3, 0.4) is 0 Å². The number of rotatable bonds is 4. The molecule has 1 aliphatic heterocycles. The summed E-state index contributed by atoms with van der Waals surface area (Å²) in [6.07, 6.45) is 4.90. The molecule has 4 rings (SSSR count). The molecular formula is C17H16N2O4. The Kier molecular flexibility index (Phi) is 3.21. The van der Waals surface area contributed by atoms with E-state index in [1.165, 1.54) is 0 Å². The normalized spacial score (nSPS) is 15.7. The van der Waals surface area contributed by atoms with Crippen molar-refractivity contribution in [2.75, 3.05) is 7.05 Å². The standard InChI is InChI=1S/C17H16N2O4/c1-18-9-13-16(20)11-10-23-17(12(11)8-19-13,14-4-2-6-21-14)15-5-3-7-22-15/h2-8,18,20H,9-10H2,1H3. The van der Waals surface area contributed by atoms with Crippen molar-refractivity contribution in [2.24, 2.45) is 0 Å². The number of nitrogens with zero attached hydrogens (tertiary/aromatic N) is 1. The maximum absolute atomic E-state index is 10.5. The van der Waals surface area contributed by atoms with Crippen molar-refractivity contribution in [1.82, 2.24) is 10.3 Å². The molecule has 0 amide bonds. The average Bonchev–Trinajstić information content (AvgIpc) is 3.30. The third-order valence-corrected chi connectivity index (χ3v) is 4.13. The number of fused-ring (bicyclic) bond motifs is 1. The number of aromatic nitrogens is 1. The van der Waals surface area contributed by atoms with E-state index in [4.69, 9.17) is 13.6 Å². The topological polar surface area (TPSA) is 80.7 Å². The van der Waals surface area contributed by atoms with Crippen LogP contribution in [0.1, 0.15) is 28.3 Å². The summed E-state index contributed by atoms with van der Waals surface area (Å²) in [6, 6.07) is 7.25. The lowest BCUT2D eigenvalue weighted by molar-refractivity contribution is -0.00429. The van der Waals surface area contributed by atoms with Crippen LogP contribution in [0.2, 0.25) is 0 Å². The van der Waals surface area contributed by atoms with E-state index in [0.717, 1.165) is 5.56 Å². The highest BCUT2D eigenvalue weighted by atomic mass is 16.5. The molecule has 118 valence electrons. The van der Waals surface area contributed by atoms with E-state index in [1.807, 2.05) is 12.1 Å². The number of nitrogens with one attached hydrogen (secondary N) is 1. The maximum Gasteiger partial charge on any atom is 0.210 e. The summed E-state index contributed by atoms with van der Waals surface area (Å²) < 4.78 is 17.3. The first-order valence-electron chi connectivity index (χ1n) is 7.34. The van der Waals surface area contributed by atoms with Gasteiger partial charge < -0.3 is 24.0 Å². The molecule has 0 atom stereocenters. The van der Waals surface area contributed by atoms with Crippen LogP contribution >= 0.6 is 0 Å². The monoisotopic (exact) mass is 312 g/mol. The Hall–Kier alpha value is -2.57. The van der Waals surface area contributed by atoms with Crippen molar-refractivity contribution in [2.45, 2.75) is 18.8 Å². The highest BCUT2D eigenvalue weighted by molar-refractivity contribution is 5.52. The minimum atomic E-state index is -1.02. The summed E-state index contributed by atoms with van der Waals surface area (Å²) >= 11 is 0. The summed E-state index contributed by atoms with van der Waals surface area (Å²) in [6.45, 7) is 0.732. The lowest BCUT2D eigenvalue weighted by Crippen LogP contribution is -2.27. The molecule has 6 heteroatoms. The van der Waals surface area contributed by atoms with Gasteiger partial charge in [0, 0.05) is 23.9 Å². The second-order valence-corrected chi connectivity index (χ2v) is 5.40. The molecule has 3 aromatic heterocycles. The number of aromatic hydroxyl groups is 1. The van der Waals surface area contributed by atoms with Gasteiger partial charge in [0.05, 0.1) is 24.8 Å². The Morgan fingerprint density at radius 2 is 1.91 bits per heavy atom. The van der Waals surface area contributed by atoms with Crippen LogP contribution in [0.25, 0.3) is 0 Å².